The third kappa shape index (κ3) is 3.30. The maximum absolute atomic E-state index is 10.4. The Morgan fingerprint density at radius 1 is 1.50 bits per heavy atom. The van der Waals surface area contributed by atoms with Crippen LogP contribution in [0.4, 0.5) is 0 Å². The molecule has 0 radical (unpaired) electrons. The molecule has 0 N–H and O–H groups in total. The maximum Gasteiger partial charge on any atom is 0.303 e. The number of hydrogen-bond acceptors (Lipinski definition) is 4. The van der Waals surface area contributed by atoms with E-state index in [4.69, 9.17) is 0 Å². The average molecular weight is 162 g/mol. The molecule has 0 aromatic carbocycles. The minimum absolute atomic E-state index is 0.551. The van der Waals surface area contributed by atoms with E-state index >= 15 is 0 Å². The van der Waals surface area contributed by atoms with E-state index in [9.17, 15) is 14.2 Å². The lowest BCUT2D eigenvalue weighted by Gasteiger charge is -2.04. The van der Waals surface area contributed by atoms with Gasteiger partial charge in [0.25, 0.3) is 5.52 Å². The van der Waals surface area contributed by atoms with E-state index in [1.165, 1.54) is 13.8 Å². The lowest BCUT2D eigenvalue weighted by molar-refractivity contribution is -0.149. The number of carbonyl (C=O) groups is 2. The third-order valence-corrected chi connectivity index (χ3v) is 1.32. The van der Waals surface area contributed by atoms with Crippen molar-refractivity contribution in [3.8, 4) is 0 Å². The highest BCUT2D eigenvalue weighted by Crippen LogP contribution is 2.03. The Morgan fingerprint density at radius 2 is 2.00 bits per heavy atom. The predicted octanol–water partition coefficient (Wildman–Crippen LogP) is 0.756. The zero-order valence-electron chi connectivity index (χ0n) is 5.66. The minimum atomic E-state index is -0.906. The third-order valence-electron chi connectivity index (χ3n) is 0.780. The molecule has 4 nitrogen and oxygen atoms in total. The van der Waals surface area contributed by atoms with Crippen molar-refractivity contribution in [1.82, 2.24) is 0 Å². The van der Waals surface area contributed by atoms with Crippen LogP contribution in [0.3, 0.4) is 0 Å². The van der Waals surface area contributed by atoms with Crippen LogP contribution in [0.2, 0.25) is 0 Å². The molecule has 10 heavy (non-hydrogen) atoms. The summed E-state index contributed by atoms with van der Waals surface area (Å²) in [6.45, 7) is 2.56. The molecule has 0 spiro atoms. The van der Waals surface area contributed by atoms with Gasteiger partial charge >= 0.3 is 5.97 Å². The summed E-state index contributed by atoms with van der Waals surface area (Å²) < 4.78 is 14.3. The molecule has 0 amide bonds. The summed E-state index contributed by atoms with van der Waals surface area (Å²) in [5, 5.41) is 0. The van der Waals surface area contributed by atoms with Crippen molar-refractivity contribution in [3.05, 3.63) is 0 Å². The topological polar surface area (TPSA) is 60.4 Å². The normalized spacial score (nSPS) is 12.6. The van der Waals surface area contributed by atoms with Crippen LogP contribution in [-0.2, 0) is 18.9 Å². The lowest BCUT2D eigenvalue weighted by atomic mass is 10.4. The van der Waals surface area contributed by atoms with Crippen molar-refractivity contribution in [3.63, 3.8) is 0 Å². The fourth-order valence-corrected chi connectivity index (χ4v) is 0.575. The minimum Gasteiger partial charge on any atom is -0.454 e. The number of esters is 1. The van der Waals surface area contributed by atoms with Crippen LogP contribution < -0.4 is 0 Å². The largest absolute Gasteiger partial charge is 0.454 e. The standard InChI is InChI=1S/C5H7O4P/c1-3(5(7)10-8)9-4(2)6/h3H,1-2H3/t3-/m0/s1. The van der Waals surface area contributed by atoms with Gasteiger partial charge in [-0.2, -0.15) is 0 Å². The number of carbonyl (C=O) groups excluding carboxylic acids is 2. The smallest absolute Gasteiger partial charge is 0.303 e. The van der Waals surface area contributed by atoms with E-state index in [1.807, 2.05) is 0 Å². The Labute approximate surface area is 59.8 Å². The molecule has 0 aliphatic carbocycles. The second-order valence-corrected chi connectivity index (χ2v) is 2.30. The molecule has 0 saturated heterocycles. The number of rotatable bonds is 3. The average Bonchev–Trinajstić information content (AvgIpc) is 1.85. The van der Waals surface area contributed by atoms with Crippen LogP contribution in [0.5, 0.6) is 0 Å². The molecule has 1 atom stereocenters. The molecule has 0 unspecified atom stereocenters. The zero-order valence-corrected chi connectivity index (χ0v) is 6.55. The number of ether oxygens (including phenoxy) is 1. The Balaban J connectivity index is 3.84. The summed E-state index contributed by atoms with van der Waals surface area (Å²) in [6, 6.07) is 0. The van der Waals surface area contributed by atoms with Crippen LogP contribution in [-0.4, -0.2) is 17.6 Å². The molecule has 0 bridgehead atoms. The summed E-state index contributed by atoms with van der Waals surface area (Å²) in [7, 11) is -0.623. The lowest BCUT2D eigenvalue weighted by Crippen LogP contribution is -2.18. The van der Waals surface area contributed by atoms with E-state index in [-0.39, 0.29) is 0 Å². The second kappa shape index (κ2) is 4.12. The Bertz CT molecular complexity index is 165. The van der Waals surface area contributed by atoms with Gasteiger partial charge in [-0.15, -0.1) is 0 Å². The quantitative estimate of drug-likeness (QED) is 0.454. The first-order valence-electron chi connectivity index (χ1n) is 2.62. The molecule has 0 saturated carbocycles. The molecule has 56 valence electrons. The van der Waals surface area contributed by atoms with Gasteiger partial charge in [0.1, 0.15) is 0 Å². The summed E-state index contributed by atoms with van der Waals surface area (Å²) in [5.74, 6) is -0.551. The Morgan fingerprint density at radius 3 is 2.30 bits per heavy atom. The van der Waals surface area contributed by atoms with Gasteiger partial charge in [0.15, 0.2) is 6.10 Å². The molecule has 0 aromatic heterocycles. The monoisotopic (exact) mass is 162 g/mol. The van der Waals surface area contributed by atoms with Crippen LogP contribution in [0.1, 0.15) is 13.8 Å². The van der Waals surface area contributed by atoms with E-state index < -0.39 is 26.1 Å². The van der Waals surface area contributed by atoms with Crippen LogP contribution >= 0.6 is 8.46 Å². The van der Waals surface area contributed by atoms with Gasteiger partial charge in [-0.1, -0.05) is 0 Å². The second-order valence-electron chi connectivity index (χ2n) is 1.68. The predicted molar refractivity (Wildman–Crippen MR) is 33.8 cm³/mol. The van der Waals surface area contributed by atoms with Crippen molar-refractivity contribution in [2.75, 3.05) is 0 Å². The van der Waals surface area contributed by atoms with Gasteiger partial charge < -0.3 is 4.74 Å². The van der Waals surface area contributed by atoms with Gasteiger partial charge in [-0.25, -0.2) is 0 Å². The van der Waals surface area contributed by atoms with Gasteiger partial charge in [0.2, 0.25) is 8.46 Å². The van der Waals surface area contributed by atoms with Crippen LogP contribution in [0.15, 0.2) is 0 Å². The first kappa shape index (κ1) is 9.24. The van der Waals surface area contributed by atoms with Crippen molar-refractivity contribution in [2.24, 2.45) is 0 Å². The molecule has 0 aliphatic rings. The molecule has 0 heterocycles. The first-order valence-corrected chi connectivity index (χ1v) is 3.43. The van der Waals surface area contributed by atoms with Gasteiger partial charge in [0.05, 0.1) is 0 Å². The van der Waals surface area contributed by atoms with Crippen molar-refractivity contribution < 1.29 is 18.9 Å². The fourth-order valence-electron chi connectivity index (χ4n) is 0.374. The molecular formula is C5H7O4P. The van der Waals surface area contributed by atoms with Crippen LogP contribution in [0.25, 0.3) is 0 Å². The Hall–Kier alpha value is -0.760. The molecule has 0 rings (SSSR count). The molecule has 0 aromatic rings. The van der Waals surface area contributed by atoms with E-state index in [1.54, 1.807) is 0 Å². The highest BCUT2D eigenvalue weighted by Gasteiger charge is 2.14. The molecule has 0 aliphatic heterocycles. The summed E-state index contributed by atoms with van der Waals surface area (Å²) >= 11 is 0. The van der Waals surface area contributed by atoms with Gasteiger partial charge in [0, 0.05) is 6.92 Å². The highest BCUT2D eigenvalue weighted by atomic mass is 31.1. The van der Waals surface area contributed by atoms with E-state index in [0.717, 1.165) is 0 Å². The fraction of sp³-hybridized carbons (Fsp3) is 0.600. The number of hydrogen-bond donors (Lipinski definition) is 0. The van der Waals surface area contributed by atoms with Crippen LogP contribution in [0, 0.1) is 0 Å². The van der Waals surface area contributed by atoms with E-state index in [2.05, 4.69) is 4.74 Å². The summed E-state index contributed by atoms with van der Waals surface area (Å²) in [6.07, 6.45) is -0.906. The highest BCUT2D eigenvalue weighted by molar-refractivity contribution is 7.46. The van der Waals surface area contributed by atoms with Gasteiger partial charge in [-0.05, 0) is 6.92 Å². The zero-order chi connectivity index (χ0) is 8.15. The molecule has 0 fully saturated rings. The van der Waals surface area contributed by atoms with Crippen molar-refractivity contribution in [1.29, 1.82) is 0 Å². The van der Waals surface area contributed by atoms with Crippen molar-refractivity contribution >= 4 is 20.0 Å². The van der Waals surface area contributed by atoms with Crippen molar-refractivity contribution in [2.45, 2.75) is 20.0 Å². The Kier molecular flexibility index (Phi) is 3.81. The summed E-state index contributed by atoms with van der Waals surface area (Å²) in [5.41, 5.74) is -0.629. The SMILES string of the molecule is CC(=O)O[C@@H](C)C(=O)P=O. The first-order chi connectivity index (χ1) is 4.57. The van der Waals surface area contributed by atoms with E-state index in [0.29, 0.717) is 0 Å². The molecular weight excluding hydrogens is 155 g/mol. The maximum atomic E-state index is 10.4. The molecule has 5 heteroatoms. The van der Waals surface area contributed by atoms with Gasteiger partial charge in [-0.3, -0.25) is 14.2 Å². The summed E-state index contributed by atoms with van der Waals surface area (Å²) in [4.78, 5) is 20.6.